The van der Waals surface area contributed by atoms with Crippen LogP contribution in [0.5, 0.6) is 11.5 Å². The number of nitrogens with zero attached hydrogens (tertiary/aromatic N) is 4. The first-order chi connectivity index (χ1) is 10.2. The summed E-state index contributed by atoms with van der Waals surface area (Å²) < 4.78 is 11.1. The van der Waals surface area contributed by atoms with Gasteiger partial charge in [-0.1, -0.05) is 0 Å². The number of ether oxygens (including phenoxy) is 2. The van der Waals surface area contributed by atoms with Crippen molar-refractivity contribution in [1.29, 1.82) is 5.26 Å². The third-order valence-corrected chi connectivity index (χ3v) is 3.07. The van der Waals surface area contributed by atoms with Crippen LogP contribution in [-0.4, -0.2) is 37.3 Å². The second kappa shape index (κ2) is 5.29. The van der Waals surface area contributed by atoms with Gasteiger partial charge in [0.2, 0.25) is 5.95 Å². The maximum Gasteiger partial charge on any atom is 0.226 e. The van der Waals surface area contributed by atoms with Crippen molar-refractivity contribution in [2.45, 2.75) is 0 Å². The molecule has 1 aromatic heterocycles. The van der Waals surface area contributed by atoms with Gasteiger partial charge in [0.05, 0.1) is 5.69 Å². The maximum atomic E-state index is 9.10. The van der Waals surface area contributed by atoms with Crippen molar-refractivity contribution in [1.82, 2.24) is 9.97 Å². The van der Waals surface area contributed by atoms with E-state index in [9.17, 15) is 0 Å². The van der Waals surface area contributed by atoms with Crippen LogP contribution in [0.25, 0.3) is 11.3 Å². The maximum absolute atomic E-state index is 9.10. The van der Waals surface area contributed by atoms with Crippen LogP contribution in [-0.2, 0) is 0 Å². The summed E-state index contributed by atoms with van der Waals surface area (Å²) in [5.74, 6) is 1.92. The molecule has 106 valence electrons. The summed E-state index contributed by atoms with van der Waals surface area (Å²) >= 11 is 0. The molecule has 1 aromatic carbocycles. The lowest BCUT2D eigenvalue weighted by Crippen LogP contribution is -2.15. The number of rotatable bonds is 2. The van der Waals surface area contributed by atoms with Crippen LogP contribution in [0.4, 0.5) is 5.95 Å². The Morgan fingerprint density at radius 2 is 1.86 bits per heavy atom. The molecule has 1 aliphatic heterocycles. The Morgan fingerprint density at radius 1 is 1.10 bits per heavy atom. The summed E-state index contributed by atoms with van der Waals surface area (Å²) in [4.78, 5) is 10.4. The molecule has 0 spiro atoms. The monoisotopic (exact) mass is 282 g/mol. The molecular weight excluding hydrogens is 268 g/mol. The molecule has 0 unspecified atom stereocenters. The molecule has 2 heterocycles. The van der Waals surface area contributed by atoms with E-state index >= 15 is 0 Å². The minimum Gasteiger partial charge on any atom is -0.486 e. The zero-order valence-electron chi connectivity index (χ0n) is 11.8. The van der Waals surface area contributed by atoms with Crippen molar-refractivity contribution >= 4 is 5.95 Å². The molecule has 0 saturated heterocycles. The third kappa shape index (κ3) is 2.58. The average molecular weight is 282 g/mol. The summed E-state index contributed by atoms with van der Waals surface area (Å²) in [5.41, 5.74) is 1.88. The van der Waals surface area contributed by atoms with Gasteiger partial charge in [0, 0.05) is 25.7 Å². The number of fused-ring (bicyclic) bond motifs is 1. The molecule has 6 heteroatoms. The zero-order valence-corrected chi connectivity index (χ0v) is 11.8. The van der Waals surface area contributed by atoms with Gasteiger partial charge >= 0.3 is 0 Å². The number of hydrogen-bond acceptors (Lipinski definition) is 6. The largest absolute Gasteiger partial charge is 0.486 e. The fourth-order valence-corrected chi connectivity index (χ4v) is 2.04. The van der Waals surface area contributed by atoms with Crippen LogP contribution in [0.2, 0.25) is 0 Å². The van der Waals surface area contributed by atoms with Crippen LogP contribution in [0.15, 0.2) is 24.3 Å². The number of benzene rings is 1. The molecular formula is C15H14N4O2. The summed E-state index contributed by atoms with van der Waals surface area (Å²) in [5, 5.41) is 9.10. The van der Waals surface area contributed by atoms with Crippen molar-refractivity contribution in [3.63, 3.8) is 0 Å². The third-order valence-electron chi connectivity index (χ3n) is 3.07. The number of aromatic nitrogens is 2. The van der Waals surface area contributed by atoms with Gasteiger partial charge in [-0.3, -0.25) is 0 Å². The Bertz CT molecular complexity index is 722. The van der Waals surface area contributed by atoms with E-state index in [0.717, 1.165) is 11.3 Å². The Kier molecular flexibility index (Phi) is 3.32. The van der Waals surface area contributed by atoms with Crippen LogP contribution < -0.4 is 14.4 Å². The van der Waals surface area contributed by atoms with Crippen LogP contribution in [0, 0.1) is 11.3 Å². The summed E-state index contributed by atoms with van der Waals surface area (Å²) in [7, 11) is 3.67. The van der Waals surface area contributed by atoms with E-state index in [2.05, 4.69) is 16.0 Å². The van der Waals surface area contributed by atoms with Crippen molar-refractivity contribution in [3.8, 4) is 28.8 Å². The van der Waals surface area contributed by atoms with E-state index in [4.69, 9.17) is 14.7 Å². The fourth-order valence-electron chi connectivity index (χ4n) is 2.04. The fraction of sp³-hybridized carbons (Fsp3) is 0.267. The molecule has 2 aromatic rings. The molecule has 3 rings (SSSR count). The first-order valence-electron chi connectivity index (χ1n) is 6.54. The summed E-state index contributed by atoms with van der Waals surface area (Å²) in [6, 6.07) is 9.35. The Balaban J connectivity index is 2.07. The van der Waals surface area contributed by atoms with Crippen LogP contribution in [0.3, 0.4) is 0 Å². The minimum atomic E-state index is 0.332. The summed E-state index contributed by atoms with van der Waals surface area (Å²) in [6.45, 7) is 1.09. The van der Waals surface area contributed by atoms with E-state index in [1.807, 2.05) is 32.3 Å². The van der Waals surface area contributed by atoms with Crippen molar-refractivity contribution in [2.75, 3.05) is 32.2 Å². The average Bonchev–Trinajstić information content (AvgIpc) is 2.53. The Labute approximate surface area is 122 Å². The normalized spacial score (nSPS) is 12.6. The lowest BCUT2D eigenvalue weighted by atomic mass is 10.1. The first kappa shape index (κ1) is 13.2. The second-order valence-corrected chi connectivity index (χ2v) is 4.80. The van der Waals surface area contributed by atoms with E-state index in [1.165, 1.54) is 0 Å². The van der Waals surface area contributed by atoms with Crippen LogP contribution in [0.1, 0.15) is 5.69 Å². The molecule has 0 fully saturated rings. The van der Waals surface area contributed by atoms with Gasteiger partial charge in [-0.2, -0.15) is 5.26 Å². The van der Waals surface area contributed by atoms with E-state index in [-0.39, 0.29) is 0 Å². The highest BCUT2D eigenvalue weighted by atomic mass is 16.6. The van der Waals surface area contributed by atoms with Gasteiger partial charge < -0.3 is 14.4 Å². The Morgan fingerprint density at radius 3 is 2.57 bits per heavy atom. The molecule has 0 bridgehead atoms. The van der Waals surface area contributed by atoms with Gasteiger partial charge in [0.15, 0.2) is 11.5 Å². The van der Waals surface area contributed by atoms with Crippen molar-refractivity contribution in [3.05, 3.63) is 30.0 Å². The number of hydrogen-bond donors (Lipinski definition) is 0. The zero-order chi connectivity index (χ0) is 14.8. The molecule has 0 N–H and O–H groups in total. The van der Waals surface area contributed by atoms with Gasteiger partial charge in [-0.15, -0.1) is 0 Å². The first-order valence-corrected chi connectivity index (χ1v) is 6.54. The van der Waals surface area contributed by atoms with Crippen molar-refractivity contribution in [2.24, 2.45) is 0 Å². The highest BCUT2D eigenvalue weighted by Gasteiger charge is 2.14. The smallest absolute Gasteiger partial charge is 0.226 e. The standard InChI is InChI=1S/C15H14N4O2/c1-19(2)15-17-11(9-16)8-12(18-15)10-3-4-13-14(7-10)21-6-5-20-13/h3-4,7-8H,5-6H2,1-2H3. The topological polar surface area (TPSA) is 71.3 Å². The highest BCUT2D eigenvalue weighted by Crippen LogP contribution is 2.34. The molecule has 0 saturated carbocycles. The lowest BCUT2D eigenvalue weighted by Gasteiger charge is -2.19. The van der Waals surface area contributed by atoms with E-state index in [0.29, 0.717) is 36.3 Å². The molecule has 1 aliphatic rings. The predicted molar refractivity (Wildman–Crippen MR) is 77.5 cm³/mol. The van der Waals surface area contributed by atoms with Gasteiger partial charge in [0.1, 0.15) is 25.0 Å². The molecule has 6 nitrogen and oxygen atoms in total. The van der Waals surface area contributed by atoms with E-state index in [1.54, 1.807) is 11.0 Å². The highest BCUT2D eigenvalue weighted by molar-refractivity contribution is 5.66. The van der Waals surface area contributed by atoms with Crippen molar-refractivity contribution < 1.29 is 9.47 Å². The SMILES string of the molecule is CN(C)c1nc(C#N)cc(-c2ccc3c(c2)OCCO3)n1. The van der Waals surface area contributed by atoms with Gasteiger partial charge in [-0.25, -0.2) is 9.97 Å². The second-order valence-electron chi connectivity index (χ2n) is 4.80. The molecule has 0 amide bonds. The lowest BCUT2D eigenvalue weighted by molar-refractivity contribution is 0.171. The van der Waals surface area contributed by atoms with E-state index < -0.39 is 0 Å². The predicted octanol–water partition coefficient (Wildman–Crippen LogP) is 1.85. The summed E-state index contributed by atoms with van der Waals surface area (Å²) in [6.07, 6.45) is 0. The van der Waals surface area contributed by atoms with Crippen LogP contribution >= 0.6 is 0 Å². The Hall–Kier alpha value is -2.81. The van der Waals surface area contributed by atoms with Gasteiger partial charge in [-0.05, 0) is 18.2 Å². The number of nitriles is 1. The molecule has 0 aliphatic carbocycles. The molecule has 0 atom stereocenters. The number of anilines is 1. The minimum absolute atomic E-state index is 0.332. The molecule has 21 heavy (non-hydrogen) atoms. The quantitative estimate of drug-likeness (QED) is 0.837. The van der Waals surface area contributed by atoms with Gasteiger partial charge in [0.25, 0.3) is 0 Å². The molecule has 0 radical (unpaired) electrons.